The third-order valence-electron chi connectivity index (χ3n) is 3.93. The van der Waals surface area contributed by atoms with E-state index < -0.39 is 0 Å². The van der Waals surface area contributed by atoms with Crippen molar-refractivity contribution >= 4 is 5.91 Å². The number of nitrogens with one attached hydrogen (secondary N) is 2. The van der Waals surface area contributed by atoms with Crippen molar-refractivity contribution in [2.24, 2.45) is 0 Å². The lowest BCUT2D eigenvalue weighted by atomic mass is 10.1. The molecular weight excluding hydrogens is 298 g/mol. The van der Waals surface area contributed by atoms with Crippen molar-refractivity contribution in [1.82, 2.24) is 35.5 Å². The lowest BCUT2D eigenvalue weighted by molar-refractivity contribution is 0.0922. The number of aryl methyl sites for hydroxylation is 1. The lowest BCUT2D eigenvalue weighted by Crippen LogP contribution is -2.32. The third-order valence-corrected chi connectivity index (χ3v) is 3.93. The Bertz CT molecular complexity index is 660. The SMILES string of the molecule is CC[C@@H](NC(=O)c1ncn([C@H]2CCCNC2)n1)c1noc(C)n1. The molecule has 2 N–H and O–H groups in total. The molecule has 0 spiro atoms. The first-order valence-electron chi connectivity index (χ1n) is 7.90. The molecule has 3 heterocycles. The Morgan fingerprint density at radius 1 is 1.61 bits per heavy atom. The van der Waals surface area contributed by atoms with Gasteiger partial charge in [-0.15, -0.1) is 5.10 Å². The van der Waals surface area contributed by atoms with E-state index >= 15 is 0 Å². The maximum absolute atomic E-state index is 12.3. The van der Waals surface area contributed by atoms with Crippen molar-refractivity contribution in [2.45, 2.75) is 45.2 Å². The molecule has 9 nitrogen and oxygen atoms in total. The van der Waals surface area contributed by atoms with E-state index in [1.165, 1.54) is 0 Å². The molecule has 0 unspecified atom stereocenters. The van der Waals surface area contributed by atoms with E-state index in [0.717, 1.165) is 25.9 Å². The largest absolute Gasteiger partial charge is 0.340 e. The highest BCUT2D eigenvalue weighted by atomic mass is 16.5. The Kier molecular flexibility index (Phi) is 4.65. The standard InChI is InChI=1S/C14H21N7O2/c1-3-11(12-17-9(2)23-20-12)18-14(22)13-16-8-21(19-13)10-5-4-6-15-7-10/h8,10-11,15H,3-7H2,1-2H3,(H,18,22)/t10-,11+/m0/s1. The molecule has 0 aromatic carbocycles. The Balaban J connectivity index is 1.66. The van der Waals surface area contributed by atoms with Gasteiger partial charge in [-0.05, 0) is 25.8 Å². The molecule has 0 saturated carbocycles. The molecule has 2 aromatic heterocycles. The third kappa shape index (κ3) is 3.55. The Morgan fingerprint density at radius 3 is 3.13 bits per heavy atom. The molecule has 2 aromatic rings. The highest BCUT2D eigenvalue weighted by Gasteiger charge is 2.22. The van der Waals surface area contributed by atoms with Gasteiger partial charge < -0.3 is 15.2 Å². The number of rotatable bonds is 5. The fourth-order valence-corrected chi connectivity index (χ4v) is 2.64. The summed E-state index contributed by atoms with van der Waals surface area (Å²) in [6.45, 7) is 5.54. The van der Waals surface area contributed by atoms with Crippen LogP contribution in [0.2, 0.25) is 0 Å². The van der Waals surface area contributed by atoms with Gasteiger partial charge in [0.1, 0.15) is 6.33 Å². The minimum absolute atomic E-state index is 0.161. The van der Waals surface area contributed by atoms with Gasteiger partial charge in [-0.3, -0.25) is 4.79 Å². The summed E-state index contributed by atoms with van der Waals surface area (Å²) in [7, 11) is 0. The quantitative estimate of drug-likeness (QED) is 0.837. The number of nitrogens with zero attached hydrogens (tertiary/aromatic N) is 5. The highest BCUT2D eigenvalue weighted by molar-refractivity contribution is 5.90. The van der Waals surface area contributed by atoms with Crippen LogP contribution < -0.4 is 10.6 Å². The van der Waals surface area contributed by atoms with Gasteiger partial charge in [-0.2, -0.15) is 4.98 Å². The van der Waals surface area contributed by atoms with Gasteiger partial charge in [0.05, 0.1) is 12.1 Å². The number of aromatic nitrogens is 5. The summed E-state index contributed by atoms with van der Waals surface area (Å²) in [5.41, 5.74) is 0. The fraction of sp³-hybridized carbons (Fsp3) is 0.643. The molecule has 124 valence electrons. The summed E-state index contributed by atoms with van der Waals surface area (Å²) in [6, 6.07) is -0.0668. The van der Waals surface area contributed by atoms with Crippen LogP contribution in [0.1, 0.15) is 60.6 Å². The molecule has 1 aliphatic heterocycles. The molecule has 1 aliphatic rings. The van der Waals surface area contributed by atoms with Crippen LogP contribution in [-0.4, -0.2) is 43.9 Å². The minimum atomic E-state index is -0.332. The smallest absolute Gasteiger partial charge is 0.291 e. The average Bonchev–Trinajstić information content (AvgIpc) is 3.22. The first kappa shape index (κ1) is 15.6. The molecule has 0 bridgehead atoms. The van der Waals surface area contributed by atoms with E-state index in [0.29, 0.717) is 18.1 Å². The van der Waals surface area contributed by atoms with Crippen LogP contribution in [0.5, 0.6) is 0 Å². The van der Waals surface area contributed by atoms with Gasteiger partial charge in [0.2, 0.25) is 11.7 Å². The van der Waals surface area contributed by atoms with Crippen LogP contribution in [0.3, 0.4) is 0 Å². The lowest BCUT2D eigenvalue weighted by Gasteiger charge is -2.22. The van der Waals surface area contributed by atoms with E-state index in [-0.39, 0.29) is 23.8 Å². The fourth-order valence-electron chi connectivity index (χ4n) is 2.64. The van der Waals surface area contributed by atoms with Gasteiger partial charge >= 0.3 is 0 Å². The van der Waals surface area contributed by atoms with E-state index in [1.54, 1.807) is 17.9 Å². The zero-order chi connectivity index (χ0) is 16.2. The maximum atomic E-state index is 12.3. The molecule has 0 aliphatic carbocycles. The topological polar surface area (TPSA) is 111 Å². The molecule has 23 heavy (non-hydrogen) atoms. The van der Waals surface area contributed by atoms with Crippen molar-refractivity contribution in [2.75, 3.05) is 13.1 Å². The number of hydrogen-bond acceptors (Lipinski definition) is 7. The number of carbonyl (C=O) groups is 1. The first-order valence-corrected chi connectivity index (χ1v) is 7.90. The molecular formula is C14H21N7O2. The monoisotopic (exact) mass is 319 g/mol. The molecule has 9 heteroatoms. The van der Waals surface area contributed by atoms with Gasteiger partial charge in [0.15, 0.2) is 5.82 Å². The van der Waals surface area contributed by atoms with Gasteiger partial charge in [0.25, 0.3) is 5.91 Å². The van der Waals surface area contributed by atoms with Crippen LogP contribution >= 0.6 is 0 Å². The molecule has 2 atom stereocenters. The van der Waals surface area contributed by atoms with Crippen LogP contribution in [-0.2, 0) is 0 Å². The molecule has 1 saturated heterocycles. The van der Waals surface area contributed by atoms with Crippen molar-refractivity contribution in [3.8, 4) is 0 Å². The van der Waals surface area contributed by atoms with Crippen LogP contribution in [0.4, 0.5) is 0 Å². The van der Waals surface area contributed by atoms with Crippen LogP contribution in [0.15, 0.2) is 10.9 Å². The summed E-state index contributed by atoms with van der Waals surface area (Å²) in [5.74, 6) is 0.769. The van der Waals surface area contributed by atoms with E-state index in [2.05, 4.69) is 30.9 Å². The van der Waals surface area contributed by atoms with Gasteiger partial charge in [-0.25, -0.2) is 9.67 Å². The number of hydrogen-bond donors (Lipinski definition) is 2. The van der Waals surface area contributed by atoms with Gasteiger partial charge in [-0.1, -0.05) is 12.1 Å². The number of carbonyl (C=O) groups excluding carboxylic acids is 1. The Hall–Kier alpha value is -2.29. The maximum Gasteiger partial charge on any atom is 0.291 e. The van der Waals surface area contributed by atoms with Crippen LogP contribution in [0.25, 0.3) is 0 Å². The molecule has 1 fully saturated rings. The van der Waals surface area contributed by atoms with Crippen LogP contribution in [0, 0.1) is 6.92 Å². The predicted molar refractivity (Wildman–Crippen MR) is 80.7 cm³/mol. The molecule has 0 radical (unpaired) electrons. The van der Waals surface area contributed by atoms with Crippen molar-refractivity contribution in [1.29, 1.82) is 0 Å². The second-order valence-electron chi connectivity index (χ2n) is 5.65. The Morgan fingerprint density at radius 2 is 2.48 bits per heavy atom. The molecule has 1 amide bonds. The highest BCUT2D eigenvalue weighted by Crippen LogP contribution is 2.16. The minimum Gasteiger partial charge on any atom is -0.340 e. The molecule has 3 rings (SSSR count). The normalized spacial score (nSPS) is 19.5. The summed E-state index contributed by atoms with van der Waals surface area (Å²) in [6.07, 6.45) is 4.41. The summed E-state index contributed by atoms with van der Waals surface area (Å²) in [5, 5.41) is 14.3. The van der Waals surface area contributed by atoms with E-state index in [1.807, 2.05) is 6.92 Å². The second-order valence-corrected chi connectivity index (χ2v) is 5.65. The van der Waals surface area contributed by atoms with E-state index in [9.17, 15) is 4.79 Å². The van der Waals surface area contributed by atoms with Gasteiger partial charge in [0, 0.05) is 13.5 Å². The number of piperidine rings is 1. The zero-order valence-corrected chi connectivity index (χ0v) is 13.3. The Labute approximate surface area is 133 Å². The predicted octanol–water partition coefficient (Wildman–Crippen LogP) is 0.775. The van der Waals surface area contributed by atoms with Crippen molar-refractivity contribution in [3.05, 3.63) is 23.9 Å². The number of amides is 1. The van der Waals surface area contributed by atoms with Crippen molar-refractivity contribution in [3.63, 3.8) is 0 Å². The summed E-state index contributed by atoms with van der Waals surface area (Å²) in [4.78, 5) is 20.6. The van der Waals surface area contributed by atoms with Crippen molar-refractivity contribution < 1.29 is 9.32 Å². The second kappa shape index (κ2) is 6.86. The zero-order valence-electron chi connectivity index (χ0n) is 13.3. The average molecular weight is 319 g/mol. The summed E-state index contributed by atoms with van der Waals surface area (Å²) < 4.78 is 6.73. The van der Waals surface area contributed by atoms with E-state index in [4.69, 9.17) is 4.52 Å². The summed E-state index contributed by atoms with van der Waals surface area (Å²) >= 11 is 0. The first-order chi connectivity index (χ1) is 11.2.